The van der Waals surface area contributed by atoms with Crippen LogP contribution in [-0.2, 0) is 16.6 Å². The van der Waals surface area contributed by atoms with Gasteiger partial charge < -0.3 is 15.4 Å². The van der Waals surface area contributed by atoms with Crippen LogP contribution in [0.4, 0.5) is 5.82 Å². The van der Waals surface area contributed by atoms with Crippen molar-refractivity contribution < 1.29 is 14.3 Å². The molecule has 0 radical (unpaired) electrons. The van der Waals surface area contributed by atoms with Crippen molar-refractivity contribution in [2.75, 3.05) is 12.4 Å². The summed E-state index contributed by atoms with van der Waals surface area (Å²) >= 11 is 0. The van der Waals surface area contributed by atoms with Gasteiger partial charge in [0.25, 0.3) is 0 Å². The first-order valence-electron chi connectivity index (χ1n) is 7.18. The van der Waals surface area contributed by atoms with Crippen LogP contribution in [-0.4, -0.2) is 28.7 Å². The monoisotopic (exact) mass is 316 g/mol. The van der Waals surface area contributed by atoms with E-state index in [0.717, 1.165) is 5.56 Å². The predicted molar refractivity (Wildman–Crippen MR) is 86.0 cm³/mol. The molecule has 23 heavy (non-hydrogen) atoms. The molecule has 1 atom stereocenters. The molecule has 2 rings (SSSR count). The molecule has 0 fully saturated rings. The Morgan fingerprint density at radius 1 is 1.26 bits per heavy atom. The first-order chi connectivity index (χ1) is 11.0. The number of aromatic nitrogens is 2. The molecule has 7 heteroatoms. The maximum atomic E-state index is 12.2. The minimum atomic E-state index is -0.415. The molecule has 122 valence electrons. The molecule has 0 saturated heterocycles. The van der Waals surface area contributed by atoms with E-state index in [4.69, 9.17) is 4.74 Å². The van der Waals surface area contributed by atoms with Gasteiger partial charge in [-0.25, -0.2) is 0 Å². The fourth-order valence-electron chi connectivity index (χ4n) is 2.19. The normalized spacial score (nSPS) is 11.6. The Morgan fingerprint density at radius 3 is 2.48 bits per heavy atom. The summed E-state index contributed by atoms with van der Waals surface area (Å²) in [7, 11) is 3.35. The van der Waals surface area contributed by atoms with Gasteiger partial charge in [0.15, 0.2) is 5.82 Å². The highest BCUT2D eigenvalue weighted by molar-refractivity contribution is 5.90. The van der Waals surface area contributed by atoms with E-state index in [9.17, 15) is 9.59 Å². The minimum absolute atomic E-state index is 0.114. The standard InChI is InChI=1S/C16H20N4O3/c1-11(21)17-14(12-4-6-13(23-3)7-5-12)10-16(22)18-15-8-9-20(2)19-15/h4-9,14H,10H2,1-3H3,(H,17,21)(H,18,19,22). The van der Waals surface area contributed by atoms with Gasteiger partial charge in [-0.15, -0.1) is 0 Å². The number of hydrogen-bond acceptors (Lipinski definition) is 4. The van der Waals surface area contributed by atoms with Crippen LogP contribution in [0.15, 0.2) is 36.5 Å². The van der Waals surface area contributed by atoms with E-state index in [1.54, 1.807) is 43.2 Å². The summed E-state index contributed by atoms with van der Waals surface area (Å²) < 4.78 is 6.72. The quantitative estimate of drug-likeness (QED) is 0.848. The first kappa shape index (κ1) is 16.5. The number of methoxy groups -OCH3 is 1. The lowest BCUT2D eigenvalue weighted by Gasteiger charge is -2.18. The Morgan fingerprint density at radius 2 is 1.96 bits per heavy atom. The Bertz CT molecular complexity index is 679. The van der Waals surface area contributed by atoms with Gasteiger partial charge in [0.2, 0.25) is 11.8 Å². The number of benzene rings is 1. The van der Waals surface area contributed by atoms with Crippen LogP contribution >= 0.6 is 0 Å². The van der Waals surface area contributed by atoms with E-state index in [1.807, 2.05) is 12.1 Å². The molecule has 1 heterocycles. The van der Waals surface area contributed by atoms with Gasteiger partial charge in [0.05, 0.1) is 19.6 Å². The highest BCUT2D eigenvalue weighted by Gasteiger charge is 2.18. The average molecular weight is 316 g/mol. The van der Waals surface area contributed by atoms with Crippen molar-refractivity contribution in [2.45, 2.75) is 19.4 Å². The summed E-state index contributed by atoms with van der Waals surface area (Å²) in [5.74, 6) is 0.775. The third-order valence-electron chi connectivity index (χ3n) is 3.27. The number of aryl methyl sites for hydroxylation is 1. The maximum absolute atomic E-state index is 12.2. The molecule has 7 nitrogen and oxygen atoms in total. The lowest BCUT2D eigenvalue weighted by atomic mass is 10.0. The number of hydrogen-bond donors (Lipinski definition) is 2. The van der Waals surface area contributed by atoms with Gasteiger partial charge >= 0.3 is 0 Å². The number of carbonyl (C=O) groups is 2. The molecule has 1 aromatic carbocycles. The summed E-state index contributed by atoms with van der Waals surface area (Å²) in [4.78, 5) is 23.6. The molecule has 0 saturated carbocycles. The predicted octanol–water partition coefficient (Wildman–Crippen LogP) is 1.63. The third kappa shape index (κ3) is 4.84. The van der Waals surface area contributed by atoms with Crippen molar-refractivity contribution in [1.82, 2.24) is 15.1 Å². The summed E-state index contributed by atoms with van der Waals surface area (Å²) in [6, 6.07) is 8.53. The van der Waals surface area contributed by atoms with E-state index < -0.39 is 6.04 Å². The lowest BCUT2D eigenvalue weighted by Crippen LogP contribution is -2.29. The Balaban J connectivity index is 2.07. The molecule has 2 aromatic rings. The molecular weight excluding hydrogens is 296 g/mol. The number of anilines is 1. The number of carbonyl (C=O) groups excluding carboxylic acids is 2. The van der Waals surface area contributed by atoms with Gasteiger partial charge in [-0.2, -0.15) is 5.10 Å². The van der Waals surface area contributed by atoms with E-state index >= 15 is 0 Å². The zero-order valence-corrected chi connectivity index (χ0v) is 13.4. The molecule has 0 aliphatic carbocycles. The number of amides is 2. The summed E-state index contributed by atoms with van der Waals surface area (Å²) in [6.45, 7) is 1.42. The first-order valence-corrected chi connectivity index (χ1v) is 7.18. The van der Waals surface area contributed by atoms with Gasteiger partial charge in [-0.1, -0.05) is 12.1 Å². The molecular formula is C16H20N4O3. The average Bonchev–Trinajstić information content (AvgIpc) is 2.91. The SMILES string of the molecule is COc1ccc(C(CC(=O)Nc2ccn(C)n2)NC(C)=O)cc1. The van der Waals surface area contributed by atoms with E-state index in [0.29, 0.717) is 11.6 Å². The van der Waals surface area contributed by atoms with Crippen molar-refractivity contribution in [1.29, 1.82) is 0 Å². The Hall–Kier alpha value is -2.83. The van der Waals surface area contributed by atoms with Gasteiger partial charge in [0, 0.05) is 26.2 Å². The van der Waals surface area contributed by atoms with Crippen molar-refractivity contribution in [3.63, 3.8) is 0 Å². The molecule has 0 spiro atoms. The van der Waals surface area contributed by atoms with Crippen LogP contribution in [0, 0.1) is 0 Å². The highest BCUT2D eigenvalue weighted by Crippen LogP contribution is 2.21. The smallest absolute Gasteiger partial charge is 0.227 e. The van der Waals surface area contributed by atoms with Crippen LogP contribution in [0.5, 0.6) is 5.75 Å². The number of nitrogens with zero attached hydrogens (tertiary/aromatic N) is 2. The second-order valence-corrected chi connectivity index (χ2v) is 5.15. The zero-order valence-electron chi connectivity index (χ0n) is 13.4. The van der Waals surface area contributed by atoms with Crippen molar-refractivity contribution in [3.05, 3.63) is 42.1 Å². The van der Waals surface area contributed by atoms with Crippen LogP contribution < -0.4 is 15.4 Å². The summed E-state index contributed by atoms with van der Waals surface area (Å²) in [5, 5.41) is 9.60. The number of ether oxygens (including phenoxy) is 1. The second-order valence-electron chi connectivity index (χ2n) is 5.15. The number of nitrogens with one attached hydrogen (secondary N) is 2. The topological polar surface area (TPSA) is 85.2 Å². The fourth-order valence-corrected chi connectivity index (χ4v) is 2.19. The highest BCUT2D eigenvalue weighted by atomic mass is 16.5. The molecule has 0 bridgehead atoms. The zero-order chi connectivity index (χ0) is 16.8. The van der Waals surface area contributed by atoms with Crippen LogP contribution in [0.1, 0.15) is 24.9 Å². The van der Waals surface area contributed by atoms with Crippen molar-refractivity contribution in [2.24, 2.45) is 7.05 Å². The van der Waals surface area contributed by atoms with E-state index in [1.165, 1.54) is 6.92 Å². The Kier molecular flexibility index (Phi) is 5.35. The largest absolute Gasteiger partial charge is 0.497 e. The van der Waals surface area contributed by atoms with Crippen molar-refractivity contribution >= 4 is 17.6 Å². The Labute approximate surface area is 134 Å². The molecule has 1 unspecified atom stereocenters. The second kappa shape index (κ2) is 7.44. The lowest BCUT2D eigenvalue weighted by molar-refractivity contribution is -0.120. The third-order valence-corrected chi connectivity index (χ3v) is 3.27. The van der Waals surface area contributed by atoms with Gasteiger partial charge in [-0.05, 0) is 17.7 Å². The van der Waals surface area contributed by atoms with Crippen LogP contribution in [0.25, 0.3) is 0 Å². The van der Waals surface area contributed by atoms with Gasteiger partial charge in [-0.3, -0.25) is 14.3 Å². The molecule has 2 N–H and O–H groups in total. The molecule has 0 aliphatic heterocycles. The van der Waals surface area contributed by atoms with Gasteiger partial charge in [0.1, 0.15) is 5.75 Å². The molecule has 2 amide bonds. The summed E-state index contributed by atoms with van der Waals surface area (Å²) in [5.41, 5.74) is 0.831. The van der Waals surface area contributed by atoms with Crippen molar-refractivity contribution in [3.8, 4) is 5.75 Å². The van der Waals surface area contributed by atoms with E-state index in [2.05, 4.69) is 15.7 Å². The molecule has 1 aromatic heterocycles. The maximum Gasteiger partial charge on any atom is 0.227 e. The summed E-state index contributed by atoms with van der Waals surface area (Å²) in [6.07, 6.45) is 1.85. The minimum Gasteiger partial charge on any atom is -0.497 e. The van der Waals surface area contributed by atoms with E-state index in [-0.39, 0.29) is 18.2 Å². The van der Waals surface area contributed by atoms with Crippen LogP contribution in [0.3, 0.4) is 0 Å². The molecule has 0 aliphatic rings. The van der Waals surface area contributed by atoms with Crippen LogP contribution in [0.2, 0.25) is 0 Å². The fraction of sp³-hybridized carbons (Fsp3) is 0.312. The number of rotatable bonds is 6.